The van der Waals surface area contributed by atoms with Gasteiger partial charge in [-0.2, -0.15) is 57.0 Å². The van der Waals surface area contributed by atoms with Gasteiger partial charge in [0.25, 0.3) is 10.2 Å². The van der Waals surface area contributed by atoms with Crippen LogP contribution in [0.4, 0.5) is 39.5 Å². The van der Waals surface area contributed by atoms with Crippen LogP contribution in [0.5, 0.6) is 5.75 Å². The molecule has 0 unspecified atom stereocenters. The molecule has 0 aliphatic carbocycles. The van der Waals surface area contributed by atoms with Crippen LogP contribution in [0.1, 0.15) is 68.7 Å². The molecule has 2 fully saturated rings. The van der Waals surface area contributed by atoms with E-state index in [2.05, 4.69) is 4.72 Å². The van der Waals surface area contributed by atoms with Crippen LogP contribution in [0.2, 0.25) is 0 Å². The van der Waals surface area contributed by atoms with Crippen molar-refractivity contribution in [3.8, 4) is 28.0 Å². The summed E-state index contributed by atoms with van der Waals surface area (Å²) >= 11 is 0. The molecule has 4 aromatic carbocycles. The highest BCUT2D eigenvalue weighted by Crippen LogP contribution is 2.51. The van der Waals surface area contributed by atoms with Crippen molar-refractivity contribution in [1.29, 1.82) is 0 Å². The average molecular weight is 759 g/mol. The number of hydrogen-bond donors (Lipinski definition) is 2. The van der Waals surface area contributed by atoms with Gasteiger partial charge in [-0.1, -0.05) is 18.2 Å². The Balaban J connectivity index is 1.49. The predicted molar refractivity (Wildman–Crippen MR) is 169 cm³/mol. The molecule has 0 radical (unpaired) electrons. The molecule has 2 N–H and O–H groups in total. The van der Waals surface area contributed by atoms with Gasteiger partial charge in [-0.05, 0) is 108 Å². The van der Waals surface area contributed by atoms with Gasteiger partial charge in [0.1, 0.15) is 5.75 Å². The van der Waals surface area contributed by atoms with Crippen LogP contribution in [-0.4, -0.2) is 37.0 Å². The number of benzene rings is 4. The van der Waals surface area contributed by atoms with E-state index in [9.17, 15) is 57.8 Å². The minimum absolute atomic E-state index is 0.0225. The van der Waals surface area contributed by atoms with Crippen molar-refractivity contribution in [2.45, 2.75) is 56.4 Å². The lowest BCUT2D eigenvalue weighted by atomic mass is 9.89. The van der Waals surface area contributed by atoms with Gasteiger partial charge in [0.2, 0.25) is 0 Å². The number of aromatic carboxylic acids is 1. The topological polar surface area (TPSA) is 95.9 Å². The molecule has 3 atom stereocenters. The lowest BCUT2D eigenvalue weighted by molar-refractivity contribution is -0.143. The number of nitrogens with one attached hydrogen (secondary N) is 1. The van der Waals surface area contributed by atoms with Crippen molar-refractivity contribution >= 4 is 16.2 Å². The second-order valence-electron chi connectivity index (χ2n) is 12.5. The Morgan fingerprint density at radius 2 is 1.38 bits per heavy atom. The van der Waals surface area contributed by atoms with E-state index >= 15 is 0 Å². The fourth-order valence-corrected chi connectivity index (χ4v) is 8.85. The minimum atomic E-state index is -5.21. The van der Waals surface area contributed by atoms with E-state index < -0.39 is 75.1 Å². The SMILES string of the molecule is COc1ccc(-c2ccc(C(=O)O)cc2C)cc1-c1ccc(C(F)(F)F)cc1[C@@H]1CC[C@H]2[C@@H](c3cc(C(F)(F)F)cc(C(F)(F)F)c3)NS(=O)(=O)N12. The summed E-state index contributed by atoms with van der Waals surface area (Å²) in [6.45, 7) is 1.66. The maximum Gasteiger partial charge on any atom is 0.416 e. The Hall–Kier alpha value is -4.61. The molecule has 276 valence electrons. The van der Waals surface area contributed by atoms with Gasteiger partial charge >= 0.3 is 24.5 Å². The first kappa shape index (κ1) is 37.2. The average Bonchev–Trinajstić information content (AvgIpc) is 3.62. The number of rotatable bonds is 6. The first-order chi connectivity index (χ1) is 24.1. The molecule has 4 aromatic rings. The fourth-order valence-electron chi connectivity index (χ4n) is 6.98. The molecule has 2 saturated heterocycles. The Labute approximate surface area is 290 Å². The van der Waals surface area contributed by atoms with E-state index in [0.29, 0.717) is 28.8 Å². The minimum Gasteiger partial charge on any atom is -0.496 e. The smallest absolute Gasteiger partial charge is 0.416 e. The molecule has 0 spiro atoms. The second kappa shape index (κ2) is 12.8. The Morgan fingerprint density at radius 1 is 0.769 bits per heavy atom. The van der Waals surface area contributed by atoms with Crippen LogP contribution in [0.15, 0.2) is 72.8 Å². The van der Waals surface area contributed by atoms with Crippen LogP contribution in [0.3, 0.4) is 0 Å². The molecule has 7 nitrogen and oxygen atoms in total. The normalized spacial score (nSPS) is 20.6. The van der Waals surface area contributed by atoms with E-state index in [0.717, 1.165) is 22.5 Å². The fraction of sp³-hybridized carbons (Fsp3) is 0.286. The summed E-state index contributed by atoms with van der Waals surface area (Å²) < 4.78 is 160. The largest absolute Gasteiger partial charge is 0.496 e. The zero-order valence-corrected chi connectivity index (χ0v) is 27.7. The van der Waals surface area contributed by atoms with Crippen molar-refractivity contribution < 1.29 is 62.6 Å². The molecule has 2 aliphatic heterocycles. The van der Waals surface area contributed by atoms with E-state index in [1.54, 1.807) is 25.1 Å². The lowest BCUT2D eigenvalue weighted by Crippen LogP contribution is -2.33. The number of halogens is 9. The van der Waals surface area contributed by atoms with Gasteiger partial charge in [0.05, 0.1) is 41.4 Å². The summed E-state index contributed by atoms with van der Waals surface area (Å²) in [5, 5.41) is 9.38. The van der Waals surface area contributed by atoms with Gasteiger partial charge in [0, 0.05) is 11.6 Å². The standard InChI is InChI=1S/C35H27F9N2O5S/c1-17-11-19(32(47)48)3-6-24(17)18-4-10-30(51-2)27(14-18)25-7-5-21(33(36,37)38)16-26(25)28-8-9-29-31(45-52(49,50)46(28)29)20-12-22(34(39,40)41)15-23(13-20)35(42,43)44/h3-7,10-16,28-29,31,45H,8-9H2,1-2H3,(H,47,48)/t28-,29-,31+/m0/s1. The summed E-state index contributed by atoms with van der Waals surface area (Å²) in [5.41, 5.74) is -3.12. The number of carbonyl (C=O) groups is 1. The van der Waals surface area contributed by atoms with Crippen molar-refractivity contribution in [3.05, 3.63) is 112 Å². The summed E-state index contributed by atoms with van der Waals surface area (Å²) in [6.07, 6.45) is -15.5. The van der Waals surface area contributed by atoms with Gasteiger partial charge in [-0.25, -0.2) is 4.79 Å². The number of methoxy groups -OCH3 is 1. The first-order valence-corrected chi connectivity index (χ1v) is 16.9. The number of fused-ring (bicyclic) bond motifs is 1. The number of hydrogen-bond acceptors (Lipinski definition) is 4. The van der Waals surface area contributed by atoms with E-state index in [1.807, 2.05) is 0 Å². The second-order valence-corrected chi connectivity index (χ2v) is 14.1. The van der Waals surface area contributed by atoms with Crippen molar-refractivity contribution in [3.63, 3.8) is 0 Å². The Kier molecular flexibility index (Phi) is 9.15. The lowest BCUT2D eigenvalue weighted by Gasteiger charge is -2.26. The Bertz CT molecular complexity index is 2150. The van der Waals surface area contributed by atoms with Crippen molar-refractivity contribution in [1.82, 2.24) is 9.03 Å². The summed E-state index contributed by atoms with van der Waals surface area (Å²) in [4.78, 5) is 11.5. The molecule has 17 heteroatoms. The van der Waals surface area contributed by atoms with Gasteiger partial charge in [-0.3, -0.25) is 0 Å². The molecule has 0 bridgehead atoms. The van der Waals surface area contributed by atoms with Gasteiger partial charge in [0.15, 0.2) is 0 Å². The van der Waals surface area contributed by atoms with Crippen LogP contribution >= 0.6 is 0 Å². The van der Waals surface area contributed by atoms with E-state index in [-0.39, 0.29) is 46.9 Å². The molecule has 6 rings (SSSR count). The number of carboxylic acids is 1. The summed E-state index contributed by atoms with van der Waals surface area (Å²) in [6, 6.07) is 8.43. The summed E-state index contributed by atoms with van der Waals surface area (Å²) in [5.74, 6) is -0.972. The molecule has 0 amide bonds. The number of ether oxygens (including phenoxy) is 1. The van der Waals surface area contributed by atoms with Crippen molar-refractivity contribution in [2.24, 2.45) is 0 Å². The zero-order chi connectivity index (χ0) is 38.1. The molecule has 52 heavy (non-hydrogen) atoms. The van der Waals surface area contributed by atoms with Gasteiger partial charge in [-0.15, -0.1) is 0 Å². The highest BCUT2D eigenvalue weighted by atomic mass is 32.2. The Morgan fingerprint density at radius 3 is 1.94 bits per heavy atom. The third-order valence-corrected chi connectivity index (χ3v) is 10.9. The third kappa shape index (κ3) is 6.84. The van der Waals surface area contributed by atoms with Crippen molar-refractivity contribution in [2.75, 3.05) is 7.11 Å². The van der Waals surface area contributed by atoms with E-state index in [4.69, 9.17) is 4.74 Å². The zero-order valence-electron chi connectivity index (χ0n) is 26.9. The number of nitrogens with zero attached hydrogens (tertiary/aromatic N) is 1. The molecule has 2 aliphatic rings. The first-order valence-electron chi connectivity index (χ1n) is 15.4. The summed E-state index contributed by atoms with van der Waals surface area (Å²) in [7, 11) is -3.38. The molecular formula is C35H27F9N2O5S. The van der Waals surface area contributed by atoms with E-state index in [1.165, 1.54) is 25.3 Å². The molecule has 2 heterocycles. The molecular weight excluding hydrogens is 731 g/mol. The number of aryl methyl sites for hydroxylation is 1. The van der Waals surface area contributed by atoms with Crippen LogP contribution in [0.25, 0.3) is 22.3 Å². The quantitative estimate of drug-likeness (QED) is 0.191. The number of carboxylic acid groups (broad SMARTS) is 1. The van der Waals surface area contributed by atoms with Crippen LogP contribution in [-0.2, 0) is 28.7 Å². The monoisotopic (exact) mass is 758 g/mol. The highest BCUT2D eigenvalue weighted by Gasteiger charge is 2.54. The predicted octanol–water partition coefficient (Wildman–Crippen LogP) is 9.19. The van der Waals surface area contributed by atoms with Crippen LogP contribution in [0, 0.1) is 6.92 Å². The maximum absolute atomic E-state index is 14.1. The molecule has 0 aromatic heterocycles. The number of alkyl halides is 9. The molecule has 0 saturated carbocycles. The highest BCUT2D eigenvalue weighted by molar-refractivity contribution is 7.87. The maximum atomic E-state index is 14.1. The van der Waals surface area contributed by atoms with Crippen LogP contribution < -0.4 is 9.46 Å². The van der Waals surface area contributed by atoms with Gasteiger partial charge < -0.3 is 9.84 Å². The third-order valence-electron chi connectivity index (χ3n) is 9.29.